The molecule has 1 heteroatoms. The maximum Gasteiger partial charge on any atom is 0.132 e. The van der Waals surface area contributed by atoms with Crippen molar-refractivity contribution in [3.05, 3.63) is 0 Å². The normalized spacial score (nSPS) is 11.2. The zero-order valence-electron chi connectivity index (χ0n) is 19.9. The van der Waals surface area contributed by atoms with Gasteiger partial charge in [-0.2, -0.15) is 0 Å². The molecule has 1 nitrogen and oxygen atoms in total. The van der Waals surface area contributed by atoms with Crippen molar-refractivity contribution in [3.63, 3.8) is 0 Å². The van der Waals surface area contributed by atoms with Crippen LogP contribution in [0.1, 0.15) is 168 Å². The van der Waals surface area contributed by atoms with E-state index in [2.05, 4.69) is 13.8 Å². The minimum absolute atomic E-state index is 0.490. The number of Topliss-reactive ketones (excluding diaryl/α,β-unsaturated/α-hetero) is 1. The predicted octanol–water partition coefficient (Wildman–Crippen LogP) is 9.96. The van der Waals surface area contributed by atoms with Gasteiger partial charge in [-0.1, -0.05) is 142 Å². The van der Waals surface area contributed by atoms with E-state index in [-0.39, 0.29) is 0 Å². The van der Waals surface area contributed by atoms with Crippen LogP contribution in [-0.4, -0.2) is 5.78 Å². The maximum atomic E-state index is 11.6. The largest absolute Gasteiger partial charge is 0.300 e. The highest BCUT2D eigenvalue weighted by Gasteiger charge is 2.00. The molecule has 0 aromatic heterocycles. The van der Waals surface area contributed by atoms with Crippen LogP contribution in [0.3, 0.4) is 0 Å². The summed E-state index contributed by atoms with van der Waals surface area (Å²) in [4.78, 5) is 11.6. The first-order chi connectivity index (χ1) is 13.8. The van der Waals surface area contributed by atoms with Crippen molar-refractivity contribution in [2.75, 3.05) is 0 Å². The summed E-state index contributed by atoms with van der Waals surface area (Å²) < 4.78 is 0. The second-order valence-electron chi connectivity index (χ2n) is 9.11. The summed E-state index contributed by atoms with van der Waals surface area (Å²) >= 11 is 0. The number of carbonyl (C=O) groups is 1. The molecule has 168 valence electrons. The monoisotopic (exact) mass is 394 g/mol. The van der Waals surface area contributed by atoms with Crippen LogP contribution in [-0.2, 0) is 4.79 Å². The zero-order chi connectivity index (χ0) is 20.5. The average molecular weight is 395 g/mol. The predicted molar refractivity (Wildman–Crippen MR) is 127 cm³/mol. The van der Waals surface area contributed by atoms with Crippen LogP contribution >= 0.6 is 0 Å². The summed E-state index contributed by atoms with van der Waals surface area (Å²) in [7, 11) is 0. The van der Waals surface area contributed by atoms with Gasteiger partial charge in [0.2, 0.25) is 0 Å². The van der Waals surface area contributed by atoms with Gasteiger partial charge in [-0.15, -0.1) is 0 Å². The summed E-state index contributed by atoms with van der Waals surface area (Å²) in [5.74, 6) is 0.490. The summed E-state index contributed by atoms with van der Waals surface area (Å²) in [5, 5.41) is 0. The Morgan fingerprint density at radius 3 is 0.929 bits per heavy atom. The first-order valence-corrected chi connectivity index (χ1v) is 13.3. The molecule has 0 aliphatic heterocycles. The van der Waals surface area contributed by atoms with Crippen LogP contribution in [0.4, 0.5) is 0 Å². The minimum atomic E-state index is 0.490. The van der Waals surface area contributed by atoms with Crippen LogP contribution in [0.15, 0.2) is 0 Å². The third kappa shape index (κ3) is 23.7. The number of rotatable bonds is 24. The van der Waals surface area contributed by atoms with Crippen LogP contribution in [0.25, 0.3) is 0 Å². The van der Waals surface area contributed by atoms with E-state index >= 15 is 0 Å². The molecule has 0 saturated heterocycles. The Balaban J connectivity index is 3.04. The Bertz CT molecular complexity index is 297. The highest BCUT2D eigenvalue weighted by molar-refractivity contribution is 5.78. The van der Waals surface area contributed by atoms with E-state index in [0.29, 0.717) is 5.78 Å². The zero-order valence-corrected chi connectivity index (χ0v) is 19.9. The lowest BCUT2D eigenvalue weighted by atomic mass is 10.0. The number of ketones is 1. The second-order valence-corrected chi connectivity index (χ2v) is 9.11. The Labute approximate surface area is 178 Å². The highest BCUT2D eigenvalue weighted by atomic mass is 16.1. The summed E-state index contributed by atoms with van der Waals surface area (Å²) in [6.07, 6.45) is 32.1. The van der Waals surface area contributed by atoms with Gasteiger partial charge in [0.15, 0.2) is 0 Å². The van der Waals surface area contributed by atoms with E-state index in [1.165, 1.54) is 122 Å². The van der Waals surface area contributed by atoms with Crippen LogP contribution in [0.5, 0.6) is 0 Å². The third-order valence-electron chi connectivity index (χ3n) is 6.12. The fourth-order valence-electron chi connectivity index (χ4n) is 4.08. The van der Waals surface area contributed by atoms with Crippen molar-refractivity contribution < 1.29 is 4.79 Å². The Morgan fingerprint density at radius 1 is 0.357 bits per heavy atom. The molecule has 0 aliphatic rings. The molecular weight excluding hydrogens is 340 g/mol. The van der Waals surface area contributed by atoms with Gasteiger partial charge in [0.1, 0.15) is 5.78 Å². The number of carbonyl (C=O) groups excluding carboxylic acids is 1. The van der Waals surface area contributed by atoms with Crippen LogP contribution in [0, 0.1) is 0 Å². The quantitative estimate of drug-likeness (QED) is 0.149. The molecule has 0 heterocycles. The van der Waals surface area contributed by atoms with Gasteiger partial charge in [-0.05, 0) is 12.8 Å². The molecule has 28 heavy (non-hydrogen) atoms. The van der Waals surface area contributed by atoms with E-state index in [0.717, 1.165) is 32.1 Å². The minimum Gasteiger partial charge on any atom is -0.300 e. The van der Waals surface area contributed by atoms with E-state index in [1.807, 2.05) is 0 Å². The average Bonchev–Trinajstić information content (AvgIpc) is 2.70. The highest BCUT2D eigenvalue weighted by Crippen LogP contribution is 2.15. The van der Waals surface area contributed by atoms with E-state index in [4.69, 9.17) is 0 Å². The molecule has 0 rings (SSSR count). The number of hydrogen-bond acceptors (Lipinski definition) is 1. The van der Waals surface area contributed by atoms with E-state index < -0.39 is 0 Å². The molecule has 0 aromatic carbocycles. The first kappa shape index (κ1) is 27.7. The Kier molecular flexibility index (Phi) is 24.4. The summed E-state index contributed by atoms with van der Waals surface area (Å²) in [6, 6.07) is 0. The molecule has 0 atom stereocenters. The molecule has 0 aromatic rings. The molecular formula is C27H54O. The van der Waals surface area contributed by atoms with Gasteiger partial charge in [0.25, 0.3) is 0 Å². The second kappa shape index (κ2) is 24.7. The lowest BCUT2D eigenvalue weighted by Crippen LogP contribution is -1.96. The van der Waals surface area contributed by atoms with Crippen LogP contribution < -0.4 is 0 Å². The topological polar surface area (TPSA) is 17.1 Å². The molecule has 0 N–H and O–H groups in total. The number of hydrogen-bond donors (Lipinski definition) is 0. The van der Waals surface area contributed by atoms with Gasteiger partial charge >= 0.3 is 0 Å². The maximum absolute atomic E-state index is 11.6. The van der Waals surface area contributed by atoms with Crippen molar-refractivity contribution in [3.8, 4) is 0 Å². The fraction of sp³-hybridized carbons (Fsp3) is 0.963. The van der Waals surface area contributed by atoms with Gasteiger partial charge in [0.05, 0.1) is 0 Å². The molecule has 0 spiro atoms. The molecule has 0 unspecified atom stereocenters. The molecule has 0 radical (unpaired) electrons. The van der Waals surface area contributed by atoms with Crippen molar-refractivity contribution in [1.29, 1.82) is 0 Å². The van der Waals surface area contributed by atoms with Crippen molar-refractivity contribution in [2.24, 2.45) is 0 Å². The van der Waals surface area contributed by atoms with Crippen LogP contribution in [0.2, 0.25) is 0 Å². The van der Waals surface area contributed by atoms with E-state index in [9.17, 15) is 4.79 Å². The third-order valence-corrected chi connectivity index (χ3v) is 6.12. The summed E-state index contributed by atoms with van der Waals surface area (Å²) in [6.45, 7) is 4.45. The Hall–Kier alpha value is -0.330. The molecule has 0 aliphatic carbocycles. The molecule has 0 bridgehead atoms. The summed E-state index contributed by atoms with van der Waals surface area (Å²) in [5.41, 5.74) is 0. The smallest absolute Gasteiger partial charge is 0.132 e. The van der Waals surface area contributed by atoms with Crippen molar-refractivity contribution >= 4 is 5.78 Å². The SMILES string of the molecule is CCCCCCCCCCCCCCCCCCCCCCC(=O)CCCC. The lowest BCUT2D eigenvalue weighted by molar-refractivity contribution is -0.119. The first-order valence-electron chi connectivity index (χ1n) is 13.3. The van der Waals surface area contributed by atoms with Gasteiger partial charge in [-0.25, -0.2) is 0 Å². The van der Waals surface area contributed by atoms with E-state index in [1.54, 1.807) is 0 Å². The van der Waals surface area contributed by atoms with Gasteiger partial charge in [-0.3, -0.25) is 4.79 Å². The molecule has 0 fully saturated rings. The van der Waals surface area contributed by atoms with Gasteiger partial charge in [0, 0.05) is 12.8 Å². The number of unbranched alkanes of at least 4 members (excludes halogenated alkanes) is 20. The van der Waals surface area contributed by atoms with Crippen molar-refractivity contribution in [2.45, 2.75) is 168 Å². The van der Waals surface area contributed by atoms with Gasteiger partial charge < -0.3 is 0 Å². The fourth-order valence-corrected chi connectivity index (χ4v) is 4.08. The standard InChI is InChI=1S/C27H54O/c1-3-5-7-8-9-10-11-12-13-14-15-16-17-18-19-20-21-22-23-24-26-27(28)25-6-4-2/h3-26H2,1-2H3. The lowest BCUT2D eigenvalue weighted by Gasteiger charge is -2.04. The van der Waals surface area contributed by atoms with Crippen molar-refractivity contribution in [1.82, 2.24) is 0 Å². The molecule has 0 amide bonds. The Morgan fingerprint density at radius 2 is 0.607 bits per heavy atom. The molecule has 0 saturated carbocycles.